The van der Waals surface area contributed by atoms with E-state index in [1.54, 1.807) is 6.33 Å². The van der Waals surface area contributed by atoms with Gasteiger partial charge in [-0.15, -0.1) is 10.2 Å². The van der Waals surface area contributed by atoms with E-state index in [-0.39, 0.29) is 11.8 Å². The van der Waals surface area contributed by atoms with E-state index in [4.69, 9.17) is 4.99 Å². The van der Waals surface area contributed by atoms with Gasteiger partial charge in [0, 0.05) is 37.5 Å². The molecule has 2 unspecified atom stereocenters. The van der Waals surface area contributed by atoms with Gasteiger partial charge in [0.25, 0.3) is 0 Å². The van der Waals surface area contributed by atoms with Crippen molar-refractivity contribution in [2.45, 2.75) is 77.4 Å². The lowest BCUT2D eigenvalue weighted by molar-refractivity contribution is -0.126. The van der Waals surface area contributed by atoms with E-state index >= 15 is 0 Å². The molecule has 0 aliphatic heterocycles. The minimum Gasteiger partial charge on any atom is -0.357 e. The third-order valence-electron chi connectivity index (χ3n) is 5.28. The first-order valence-corrected chi connectivity index (χ1v) is 10.4. The molecule has 1 heterocycles. The lowest BCUT2D eigenvalue weighted by atomic mass is 9.85. The Labute approximate surface area is 161 Å². The average Bonchev–Trinajstić information content (AvgIpc) is 3.37. The number of aromatic nitrogens is 3. The van der Waals surface area contributed by atoms with Crippen molar-refractivity contribution < 1.29 is 4.79 Å². The number of rotatable bonds is 8. The first kappa shape index (κ1) is 19.6. The molecule has 1 aromatic heterocycles. The predicted octanol–water partition coefficient (Wildman–Crippen LogP) is 1.23. The molecule has 1 amide bonds. The molecule has 2 aliphatic carbocycles. The number of nitrogens with one attached hydrogen (secondary N) is 3. The molecular formula is C19H33N7O. The number of nitrogens with zero attached hydrogens (tertiary/aromatic N) is 4. The fourth-order valence-corrected chi connectivity index (χ4v) is 3.63. The molecule has 2 aliphatic rings. The van der Waals surface area contributed by atoms with E-state index in [1.807, 2.05) is 4.57 Å². The molecule has 2 saturated carbocycles. The van der Waals surface area contributed by atoms with Crippen LogP contribution in [0.3, 0.4) is 0 Å². The molecule has 0 radical (unpaired) electrons. The molecule has 8 nitrogen and oxygen atoms in total. The number of hydrogen-bond acceptors (Lipinski definition) is 4. The van der Waals surface area contributed by atoms with Gasteiger partial charge < -0.3 is 20.5 Å². The second kappa shape index (κ2) is 9.71. The van der Waals surface area contributed by atoms with Gasteiger partial charge in [0.05, 0.1) is 6.54 Å². The van der Waals surface area contributed by atoms with Crippen molar-refractivity contribution in [2.24, 2.45) is 10.9 Å². The van der Waals surface area contributed by atoms with Crippen molar-refractivity contribution in [1.29, 1.82) is 0 Å². The molecule has 3 N–H and O–H groups in total. The number of amides is 1. The largest absolute Gasteiger partial charge is 0.357 e. The Morgan fingerprint density at radius 1 is 1.22 bits per heavy atom. The topological polar surface area (TPSA) is 96.2 Å². The van der Waals surface area contributed by atoms with E-state index in [1.165, 1.54) is 0 Å². The lowest BCUT2D eigenvalue weighted by Gasteiger charge is -2.30. The summed E-state index contributed by atoms with van der Waals surface area (Å²) in [4.78, 5) is 17.1. The van der Waals surface area contributed by atoms with Crippen LogP contribution in [0, 0.1) is 5.92 Å². The van der Waals surface area contributed by atoms with Gasteiger partial charge in [-0.1, -0.05) is 13.3 Å². The van der Waals surface area contributed by atoms with E-state index in [0.29, 0.717) is 18.6 Å². The molecule has 3 rings (SSSR count). The van der Waals surface area contributed by atoms with E-state index in [9.17, 15) is 4.79 Å². The monoisotopic (exact) mass is 375 g/mol. The summed E-state index contributed by atoms with van der Waals surface area (Å²) in [6.07, 6.45) is 8.97. The van der Waals surface area contributed by atoms with Crippen LogP contribution in [0.25, 0.3) is 0 Å². The SMILES string of the molecule is CCNC(=NCCn1cnnc1CC)NC1CCCC(C(=O)NC2CC2)C1. The van der Waals surface area contributed by atoms with Gasteiger partial charge in [0.2, 0.25) is 5.91 Å². The zero-order chi connectivity index (χ0) is 19.1. The third-order valence-corrected chi connectivity index (χ3v) is 5.28. The van der Waals surface area contributed by atoms with Crippen molar-refractivity contribution in [3.05, 3.63) is 12.2 Å². The summed E-state index contributed by atoms with van der Waals surface area (Å²) < 4.78 is 2.05. The molecule has 0 spiro atoms. The van der Waals surface area contributed by atoms with Crippen LogP contribution >= 0.6 is 0 Å². The van der Waals surface area contributed by atoms with E-state index < -0.39 is 0 Å². The van der Waals surface area contributed by atoms with Crippen molar-refractivity contribution in [1.82, 2.24) is 30.7 Å². The first-order valence-electron chi connectivity index (χ1n) is 10.4. The maximum atomic E-state index is 12.4. The number of carbonyl (C=O) groups is 1. The molecule has 27 heavy (non-hydrogen) atoms. The van der Waals surface area contributed by atoms with Crippen molar-refractivity contribution in [3.8, 4) is 0 Å². The highest BCUT2D eigenvalue weighted by molar-refractivity contribution is 5.81. The van der Waals surface area contributed by atoms with Crippen LogP contribution < -0.4 is 16.0 Å². The van der Waals surface area contributed by atoms with E-state index in [0.717, 1.165) is 69.8 Å². The van der Waals surface area contributed by atoms with Crippen molar-refractivity contribution >= 4 is 11.9 Å². The fourth-order valence-electron chi connectivity index (χ4n) is 3.63. The third kappa shape index (κ3) is 5.94. The summed E-state index contributed by atoms with van der Waals surface area (Å²) in [6, 6.07) is 0.739. The Kier molecular flexibility index (Phi) is 7.06. The van der Waals surface area contributed by atoms with Crippen LogP contribution in [-0.4, -0.2) is 51.8 Å². The number of carbonyl (C=O) groups excluding carboxylic acids is 1. The van der Waals surface area contributed by atoms with Gasteiger partial charge in [-0.2, -0.15) is 0 Å². The first-order chi connectivity index (χ1) is 13.2. The average molecular weight is 376 g/mol. The van der Waals surface area contributed by atoms with Crippen LogP contribution in [0.15, 0.2) is 11.3 Å². The van der Waals surface area contributed by atoms with Crippen LogP contribution in [0.4, 0.5) is 0 Å². The molecule has 0 saturated heterocycles. The van der Waals surface area contributed by atoms with Crippen molar-refractivity contribution in [2.75, 3.05) is 13.1 Å². The molecule has 8 heteroatoms. The smallest absolute Gasteiger partial charge is 0.223 e. The molecular weight excluding hydrogens is 342 g/mol. The molecule has 0 aromatic carbocycles. The lowest BCUT2D eigenvalue weighted by Crippen LogP contribution is -2.47. The van der Waals surface area contributed by atoms with Gasteiger partial charge in [0.15, 0.2) is 5.96 Å². The molecule has 1 aromatic rings. The standard InChI is InChI=1S/C19H33N7O/c1-3-17-25-22-13-26(17)11-10-21-19(20-4-2)24-16-7-5-6-14(12-16)18(27)23-15-8-9-15/h13-16H,3-12H2,1-2H3,(H,23,27)(H2,20,21,24). The maximum Gasteiger partial charge on any atom is 0.223 e. The van der Waals surface area contributed by atoms with Crippen LogP contribution in [0.1, 0.15) is 58.2 Å². The Balaban J connectivity index is 1.50. The number of aliphatic imine (C=N–C) groups is 1. The maximum absolute atomic E-state index is 12.4. The molecule has 2 fully saturated rings. The van der Waals surface area contributed by atoms with Crippen molar-refractivity contribution in [3.63, 3.8) is 0 Å². The highest BCUT2D eigenvalue weighted by Gasteiger charge is 2.31. The Bertz CT molecular complexity index is 638. The minimum absolute atomic E-state index is 0.129. The second-order valence-electron chi connectivity index (χ2n) is 7.54. The van der Waals surface area contributed by atoms with Gasteiger partial charge in [-0.05, 0) is 39.0 Å². The zero-order valence-corrected chi connectivity index (χ0v) is 16.6. The Morgan fingerprint density at radius 3 is 2.81 bits per heavy atom. The van der Waals surface area contributed by atoms with Gasteiger partial charge in [0.1, 0.15) is 12.2 Å². The number of hydrogen-bond donors (Lipinski definition) is 3. The van der Waals surface area contributed by atoms with Crippen LogP contribution in [-0.2, 0) is 17.8 Å². The summed E-state index contributed by atoms with van der Waals surface area (Å²) in [5.41, 5.74) is 0. The fraction of sp³-hybridized carbons (Fsp3) is 0.789. The molecule has 0 bridgehead atoms. The summed E-state index contributed by atoms with van der Waals surface area (Å²) in [5.74, 6) is 2.19. The summed E-state index contributed by atoms with van der Waals surface area (Å²) >= 11 is 0. The zero-order valence-electron chi connectivity index (χ0n) is 16.6. The molecule has 2 atom stereocenters. The van der Waals surface area contributed by atoms with Crippen LogP contribution in [0.5, 0.6) is 0 Å². The predicted molar refractivity (Wildman–Crippen MR) is 105 cm³/mol. The Hall–Kier alpha value is -2.12. The number of aryl methyl sites for hydroxylation is 1. The normalized spacial score (nSPS) is 23.1. The van der Waals surface area contributed by atoms with Gasteiger partial charge in [-0.3, -0.25) is 9.79 Å². The molecule has 150 valence electrons. The minimum atomic E-state index is 0.129. The van der Waals surface area contributed by atoms with Crippen LogP contribution in [0.2, 0.25) is 0 Å². The summed E-state index contributed by atoms with van der Waals surface area (Å²) in [7, 11) is 0. The highest BCUT2D eigenvalue weighted by Crippen LogP contribution is 2.26. The second-order valence-corrected chi connectivity index (χ2v) is 7.54. The number of guanidine groups is 1. The van der Waals surface area contributed by atoms with Gasteiger partial charge >= 0.3 is 0 Å². The summed E-state index contributed by atoms with van der Waals surface area (Å²) in [5, 5.41) is 18.1. The quantitative estimate of drug-likeness (QED) is 0.469. The van der Waals surface area contributed by atoms with Gasteiger partial charge in [-0.25, -0.2) is 0 Å². The summed E-state index contributed by atoms with van der Waals surface area (Å²) in [6.45, 7) is 6.40. The van der Waals surface area contributed by atoms with E-state index in [2.05, 4.69) is 40.0 Å². The highest BCUT2D eigenvalue weighted by atomic mass is 16.2. The Morgan fingerprint density at radius 2 is 2.07 bits per heavy atom.